The summed E-state index contributed by atoms with van der Waals surface area (Å²) in [6.45, 7) is 0.102. The number of rotatable bonds is 8. The number of nitrogens with one attached hydrogen (secondary N) is 3. The first-order valence-electron chi connectivity index (χ1n) is 9.90. The van der Waals surface area contributed by atoms with Crippen molar-refractivity contribution in [1.29, 1.82) is 5.53 Å². The molecule has 2 aromatic heterocycles. The molecule has 1 saturated heterocycles. The molecule has 1 amide bonds. The summed E-state index contributed by atoms with van der Waals surface area (Å²) in [5.41, 5.74) is 9.81. The number of carbonyl (C=O) groups excluding carboxylic acids is 1. The molecule has 0 unspecified atom stereocenters. The summed E-state index contributed by atoms with van der Waals surface area (Å²) >= 11 is 0. The third-order valence-electron chi connectivity index (χ3n) is 5.28. The van der Waals surface area contributed by atoms with Crippen molar-refractivity contribution in [1.82, 2.24) is 19.5 Å². The van der Waals surface area contributed by atoms with Crippen LogP contribution in [-0.4, -0.2) is 65.1 Å². The largest absolute Gasteiger partial charge is 0.479 e. The third kappa shape index (κ3) is 4.03. The molecule has 32 heavy (non-hydrogen) atoms. The van der Waals surface area contributed by atoms with Gasteiger partial charge in [-0.15, -0.1) is 5.10 Å². The van der Waals surface area contributed by atoms with Crippen molar-refractivity contribution in [2.24, 2.45) is 5.11 Å². The van der Waals surface area contributed by atoms with Gasteiger partial charge < -0.3 is 20.3 Å². The number of benzene rings is 1. The van der Waals surface area contributed by atoms with E-state index in [4.69, 9.17) is 10.3 Å². The van der Waals surface area contributed by atoms with Gasteiger partial charge in [0.05, 0.1) is 19.3 Å². The van der Waals surface area contributed by atoms with Crippen LogP contribution in [-0.2, 0) is 4.79 Å². The van der Waals surface area contributed by atoms with Gasteiger partial charge in [-0.1, -0.05) is 6.07 Å². The number of fused-ring (bicyclic) bond motifs is 1. The lowest BCUT2D eigenvalue weighted by atomic mass is 10.1. The maximum absolute atomic E-state index is 12.7. The summed E-state index contributed by atoms with van der Waals surface area (Å²) in [7, 11) is 3.23. The van der Waals surface area contributed by atoms with Crippen molar-refractivity contribution < 1.29 is 18.3 Å². The van der Waals surface area contributed by atoms with Crippen molar-refractivity contribution in [3.8, 4) is 17.0 Å². The number of hydrogen-bond acceptors (Lipinski definition) is 8. The number of likely N-dealkylation sites (N-methyl/N-ethyl adjacent to an activating group) is 1. The summed E-state index contributed by atoms with van der Waals surface area (Å²) < 4.78 is 32.4. The Morgan fingerprint density at radius 3 is 2.84 bits per heavy atom. The number of methoxy groups -OCH3 is 1. The van der Waals surface area contributed by atoms with Crippen LogP contribution < -0.4 is 15.4 Å². The van der Waals surface area contributed by atoms with Gasteiger partial charge >= 0.3 is 0 Å². The number of alkyl halides is 2. The number of amides is 1. The minimum Gasteiger partial charge on any atom is -0.479 e. The van der Waals surface area contributed by atoms with Gasteiger partial charge in [-0.2, -0.15) is 10.1 Å². The van der Waals surface area contributed by atoms with Crippen LogP contribution in [0.4, 0.5) is 26.1 Å². The molecule has 1 aromatic carbocycles. The molecule has 3 N–H and O–H groups in total. The first kappa shape index (κ1) is 21.4. The number of likely N-dealkylation sites (tertiary alicyclic amines) is 1. The van der Waals surface area contributed by atoms with Gasteiger partial charge in [0.15, 0.2) is 0 Å². The lowest BCUT2D eigenvalue weighted by Crippen LogP contribution is -2.31. The molecule has 1 atom stereocenters. The molecule has 1 aliphatic heterocycles. The zero-order valence-electron chi connectivity index (χ0n) is 17.5. The average molecular weight is 444 g/mol. The Morgan fingerprint density at radius 2 is 2.19 bits per heavy atom. The molecule has 3 aromatic rings. The topological polar surface area (TPSA) is 120 Å². The normalized spacial score (nSPS) is 16.1. The highest BCUT2D eigenvalue weighted by Crippen LogP contribution is 2.36. The summed E-state index contributed by atoms with van der Waals surface area (Å²) in [6.07, 6.45) is -0.173. The van der Waals surface area contributed by atoms with E-state index in [1.165, 1.54) is 7.11 Å². The van der Waals surface area contributed by atoms with E-state index in [1.54, 1.807) is 46.9 Å². The Kier molecular flexibility index (Phi) is 5.84. The zero-order chi connectivity index (χ0) is 22.8. The van der Waals surface area contributed by atoms with E-state index in [-0.39, 0.29) is 23.4 Å². The monoisotopic (exact) mass is 444 g/mol. The van der Waals surface area contributed by atoms with Crippen molar-refractivity contribution in [2.45, 2.75) is 18.9 Å². The summed E-state index contributed by atoms with van der Waals surface area (Å²) in [6, 6.07) is 6.35. The van der Waals surface area contributed by atoms with Gasteiger partial charge in [0.2, 0.25) is 17.7 Å². The second-order valence-corrected chi connectivity index (χ2v) is 7.33. The van der Waals surface area contributed by atoms with Crippen LogP contribution in [0.1, 0.15) is 6.42 Å². The van der Waals surface area contributed by atoms with E-state index in [0.717, 1.165) is 0 Å². The molecule has 0 spiro atoms. The van der Waals surface area contributed by atoms with E-state index in [9.17, 15) is 13.6 Å². The Hall–Kier alpha value is -3.83. The first-order chi connectivity index (χ1) is 15.4. The van der Waals surface area contributed by atoms with E-state index >= 15 is 0 Å². The molecule has 1 aliphatic rings. The molecule has 1 fully saturated rings. The van der Waals surface area contributed by atoms with Gasteiger partial charge in [0.1, 0.15) is 17.2 Å². The van der Waals surface area contributed by atoms with Crippen LogP contribution in [0.3, 0.4) is 0 Å². The SMILES string of the molecule is COc1nc(N[C@H]2CCN(C)C2=O)nn2ccc(-c3ccc(N=N)c(NCC(F)F)c3)c12. The number of nitrogens with zero attached hydrogens (tertiary/aromatic N) is 5. The maximum Gasteiger partial charge on any atom is 0.255 e. The lowest BCUT2D eigenvalue weighted by molar-refractivity contribution is -0.127. The van der Waals surface area contributed by atoms with E-state index in [0.29, 0.717) is 35.3 Å². The smallest absolute Gasteiger partial charge is 0.255 e. The minimum atomic E-state index is -2.54. The Balaban J connectivity index is 1.71. The molecular weight excluding hydrogens is 422 g/mol. The Bertz CT molecular complexity index is 1170. The van der Waals surface area contributed by atoms with Crippen LogP contribution in [0.25, 0.3) is 16.6 Å². The fourth-order valence-corrected chi connectivity index (χ4v) is 3.67. The van der Waals surface area contributed by atoms with Gasteiger partial charge in [0, 0.05) is 25.4 Å². The van der Waals surface area contributed by atoms with Gasteiger partial charge in [-0.25, -0.2) is 18.8 Å². The summed E-state index contributed by atoms with van der Waals surface area (Å²) in [5, 5.41) is 13.5. The highest BCUT2D eigenvalue weighted by Gasteiger charge is 2.30. The molecule has 4 rings (SSSR count). The van der Waals surface area contributed by atoms with Crippen LogP contribution in [0.5, 0.6) is 5.88 Å². The molecule has 0 aliphatic carbocycles. The predicted octanol–water partition coefficient (Wildman–Crippen LogP) is 3.39. The average Bonchev–Trinajstić information content (AvgIpc) is 3.35. The maximum atomic E-state index is 12.7. The third-order valence-corrected chi connectivity index (χ3v) is 5.28. The highest BCUT2D eigenvalue weighted by atomic mass is 19.3. The van der Waals surface area contributed by atoms with Gasteiger partial charge in [-0.05, 0) is 30.2 Å². The number of aromatic nitrogens is 3. The van der Waals surface area contributed by atoms with Gasteiger partial charge in [-0.3, -0.25) is 4.79 Å². The second kappa shape index (κ2) is 8.73. The second-order valence-electron chi connectivity index (χ2n) is 7.33. The Labute approximate surface area is 182 Å². The van der Waals surface area contributed by atoms with Crippen molar-refractivity contribution in [3.05, 3.63) is 30.5 Å². The molecule has 12 heteroatoms. The number of carbonyl (C=O) groups is 1. The van der Waals surface area contributed by atoms with Crippen molar-refractivity contribution in [3.63, 3.8) is 0 Å². The van der Waals surface area contributed by atoms with Crippen molar-refractivity contribution in [2.75, 3.05) is 37.9 Å². The Morgan fingerprint density at radius 1 is 1.38 bits per heavy atom. The quantitative estimate of drug-likeness (QED) is 0.458. The van der Waals surface area contributed by atoms with Crippen LogP contribution in [0.15, 0.2) is 35.6 Å². The number of ether oxygens (including phenoxy) is 1. The lowest BCUT2D eigenvalue weighted by Gasteiger charge is -2.14. The number of anilines is 2. The molecule has 0 radical (unpaired) electrons. The van der Waals surface area contributed by atoms with Crippen molar-refractivity contribution >= 4 is 28.7 Å². The standard InChI is InChI=1S/C20H22F2N8O2/c1-29-7-6-14(19(29)31)25-20-26-18(32-2)17-12(5-8-30(17)28-20)11-3-4-13(27-23)15(9-11)24-10-16(21)22/h3-5,8-9,14,16,23-24H,6-7,10H2,1-2H3,(H,25,28)/t14-/m0/s1. The number of halogens is 2. The number of hydrogen-bond donors (Lipinski definition) is 3. The minimum absolute atomic E-state index is 0.0235. The van der Waals surface area contributed by atoms with Gasteiger partial charge in [0.25, 0.3) is 6.43 Å². The van der Waals surface area contributed by atoms with Crippen LogP contribution in [0.2, 0.25) is 0 Å². The fraction of sp³-hybridized carbons (Fsp3) is 0.350. The van der Waals surface area contributed by atoms with E-state index < -0.39 is 19.0 Å². The molecule has 168 valence electrons. The molecule has 0 saturated carbocycles. The zero-order valence-corrected chi connectivity index (χ0v) is 17.5. The first-order valence-corrected chi connectivity index (χ1v) is 9.90. The summed E-state index contributed by atoms with van der Waals surface area (Å²) in [4.78, 5) is 18.3. The van der Waals surface area contributed by atoms with Crippen LogP contribution in [0, 0.1) is 5.53 Å². The molecular formula is C20H22F2N8O2. The molecule has 0 bridgehead atoms. The van der Waals surface area contributed by atoms with E-state index in [1.807, 2.05) is 0 Å². The molecule has 3 heterocycles. The summed E-state index contributed by atoms with van der Waals surface area (Å²) in [5.74, 6) is 0.523. The van der Waals surface area contributed by atoms with Crippen LogP contribution >= 0.6 is 0 Å². The highest BCUT2D eigenvalue weighted by molar-refractivity contribution is 5.88. The predicted molar refractivity (Wildman–Crippen MR) is 114 cm³/mol. The fourth-order valence-electron chi connectivity index (χ4n) is 3.67. The molecule has 10 nitrogen and oxygen atoms in total. The van der Waals surface area contributed by atoms with E-state index in [2.05, 4.69) is 25.8 Å².